The highest BCUT2D eigenvalue weighted by Gasteiger charge is 2.44. The maximum Gasteiger partial charge on any atom is 0.306 e. The first-order valence-electron chi connectivity index (χ1n) is 19.4. The van der Waals surface area contributed by atoms with Crippen molar-refractivity contribution in [3.05, 3.63) is 60.8 Å². The predicted octanol–water partition coefficient (Wildman–Crippen LogP) is 7.57. The SMILES string of the molecule is CC/C=C\C/C=C\C/C=C\C/C=C\C/C=C\CCCCCC(=O)OC(COCCCCCCCCCC)COC1OC(CO)C(O)C(O)C1O. The maximum atomic E-state index is 12.7. The highest BCUT2D eigenvalue weighted by Crippen LogP contribution is 2.22. The summed E-state index contributed by atoms with van der Waals surface area (Å²) < 4.78 is 22.6. The van der Waals surface area contributed by atoms with Gasteiger partial charge in [0.2, 0.25) is 0 Å². The van der Waals surface area contributed by atoms with Crippen LogP contribution in [-0.4, -0.2) is 89.6 Å². The lowest BCUT2D eigenvalue weighted by molar-refractivity contribution is -0.305. The molecular formula is C41H70O9. The molecule has 0 bridgehead atoms. The van der Waals surface area contributed by atoms with E-state index in [1.165, 1.54) is 38.5 Å². The molecule has 0 amide bonds. The van der Waals surface area contributed by atoms with E-state index < -0.39 is 43.4 Å². The Morgan fingerprint density at radius 1 is 0.660 bits per heavy atom. The summed E-state index contributed by atoms with van der Waals surface area (Å²) in [5.41, 5.74) is 0. The van der Waals surface area contributed by atoms with Crippen molar-refractivity contribution in [1.82, 2.24) is 0 Å². The van der Waals surface area contributed by atoms with Crippen molar-refractivity contribution in [2.75, 3.05) is 26.4 Å². The molecule has 9 nitrogen and oxygen atoms in total. The molecule has 1 fully saturated rings. The normalized spacial score (nSPS) is 22.2. The second-order valence-electron chi connectivity index (χ2n) is 13.0. The van der Waals surface area contributed by atoms with Gasteiger partial charge in [-0.25, -0.2) is 0 Å². The molecule has 0 spiro atoms. The standard InChI is InChI=1S/C41H70O9/c1-3-5-7-9-11-13-14-15-16-17-18-19-20-21-22-23-24-26-28-30-37(43)49-35(33-47-31-29-27-25-12-10-8-6-4-2)34-48-41-40(46)39(45)38(44)36(32-42)50-41/h5,7,11,13,15-16,18-19,21-22,35-36,38-42,44-46H,3-4,6,8-10,12,14,17,20,23-34H2,1-2H3/b7-5-,13-11-,16-15-,19-18-,22-21-. The molecule has 9 heteroatoms. The van der Waals surface area contributed by atoms with Gasteiger partial charge in [-0.15, -0.1) is 0 Å². The highest BCUT2D eigenvalue weighted by atomic mass is 16.7. The van der Waals surface area contributed by atoms with Gasteiger partial charge >= 0.3 is 5.97 Å². The zero-order valence-corrected chi connectivity index (χ0v) is 31.1. The molecule has 1 aliphatic heterocycles. The molecule has 0 aliphatic carbocycles. The van der Waals surface area contributed by atoms with Crippen molar-refractivity contribution in [2.45, 2.75) is 166 Å². The van der Waals surface area contributed by atoms with Crippen LogP contribution in [0.3, 0.4) is 0 Å². The van der Waals surface area contributed by atoms with Gasteiger partial charge in [-0.1, -0.05) is 126 Å². The minimum Gasteiger partial charge on any atom is -0.457 e. The molecule has 1 saturated heterocycles. The van der Waals surface area contributed by atoms with E-state index in [2.05, 4.69) is 74.6 Å². The zero-order valence-electron chi connectivity index (χ0n) is 31.1. The van der Waals surface area contributed by atoms with Gasteiger partial charge in [-0.2, -0.15) is 0 Å². The minimum absolute atomic E-state index is 0.129. The number of rotatable bonds is 31. The number of esters is 1. The summed E-state index contributed by atoms with van der Waals surface area (Å²) in [6.45, 7) is 4.35. The summed E-state index contributed by atoms with van der Waals surface area (Å²) in [6, 6.07) is 0. The quantitative estimate of drug-likeness (QED) is 0.0327. The molecule has 0 aromatic carbocycles. The first-order chi connectivity index (χ1) is 24.4. The van der Waals surface area contributed by atoms with Crippen LogP contribution in [0.2, 0.25) is 0 Å². The van der Waals surface area contributed by atoms with Crippen molar-refractivity contribution >= 4 is 5.97 Å². The van der Waals surface area contributed by atoms with Crippen LogP contribution in [0.5, 0.6) is 0 Å². The van der Waals surface area contributed by atoms with Crippen LogP contribution in [0.1, 0.15) is 129 Å². The number of hydrogen-bond donors (Lipinski definition) is 4. The predicted molar refractivity (Wildman–Crippen MR) is 201 cm³/mol. The second-order valence-corrected chi connectivity index (χ2v) is 13.0. The number of aliphatic hydroxyl groups excluding tert-OH is 4. The van der Waals surface area contributed by atoms with Gasteiger partial charge in [0.05, 0.1) is 19.8 Å². The Kier molecular flexibility index (Phi) is 30.1. The summed E-state index contributed by atoms with van der Waals surface area (Å²) in [5.74, 6) is -0.349. The smallest absolute Gasteiger partial charge is 0.306 e. The Morgan fingerprint density at radius 3 is 1.82 bits per heavy atom. The first kappa shape index (κ1) is 45.9. The number of unbranched alkanes of at least 4 members (excludes halogenated alkanes) is 10. The summed E-state index contributed by atoms with van der Waals surface area (Å²) in [7, 11) is 0. The van der Waals surface area contributed by atoms with Crippen LogP contribution in [0, 0.1) is 0 Å². The molecule has 6 atom stereocenters. The fourth-order valence-electron chi connectivity index (χ4n) is 5.40. The van der Waals surface area contributed by atoms with Crippen LogP contribution in [-0.2, 0) is 23.7 Å². The van der Waals surface area contributed by atoms with E-state index in [4.69, 9.17) is 18.9 Å². The van der Waals surface area contributed by atoms with Gasteiger partial charge in [0, 0.05) is 13.0 Å². The molecule has 50 heavy (non-hydrogen) atoms. The third-order valence-electron chi connectivity index (χ3n) is 8.45. The number of carbonyl (C=O) groups excluding carboxylic acids is 1. The van der Waals surface area contributed by atoms with Gasteiger partial charge in [-0.05, 0) is 57.8 Å². The molecule has 0 aromatic rings. The van der Waals surface area contributed by atoms with Crippen LogP contribution in [0.15, 0.2) is 60.8 Å². The Labute approximate surface area is 303 Å². The summed E-state index contributed by atoms with van der Waals surface area (Å²) >= 11 is 0. The highest BCUT2D eigenvalue weighted by molar-refractivity contribution is 5.69. The molecule has 1 aliphatic rings. The van der Waals surface area contributed by atoms with E-state index >= 15 is 0 Å². The van der Waals surface area contributed by atoms with Crippen LogP contribution in [0.4, 0.5) is 0 Å². The van der Waals surface area contributed by atoms with Crippen molar-refractivity contribution in [2.24, 2.45) is 0 Å². The third kappa shape index (κ3) is 24.1. The molecule has 1 rings (SSSR count). The molecule has 0 saturated carbocycles. The molecule has 4 N–H and O–H groups in total. The van der Waals surface area contributed by atoms with Crippen molar-refractivity contribution in [3.8, 4) is 0 Å². The van der Waals surface area contributed by atoms with Crippen LogP contribution in [0.25, 0.3) is 0 Å². The third-order valence-corrected chi connectivity index (χ3v) is 8.45. The second kappa shape index (κ2) is 32.8. The number of carbonyl (C=O) groups is 1. The van der Waals surface area contributed by atoms with E-state index in [9.17, 15) is 25.2 Å². The van der Waals surface area contributed by atoms with Gasteiger partial charge in [0.15, 0.2) is 6.29 Å². The van der Waals surface area contributed by atoms with E-state index in [-0.39, 0.29) is 25.6 Å². The topological polar surface area (TPSA) is 135 Å². The molecule has 0 radical (unpaired) electrons. The maximum absolute atomic E-state index is 12.7. The van der Waals surface area contributed by atoms with E-state index in [1.807, 2.05) is 0 Å². The van der Waals surface area contributed by atoms with Crippen molar-refractivity contribution in [3.63, 3.8) is 0 Å². The summed E-state index contributed by atoms with van der Waals surface area (Å²) in [5, 5.41) is 39.9. The number of allylic oxidation sites excluding steroid dienone is 10. The van der Waals surface area contributed by atoms with Gasteiger partial charge in [-0.3, -0.25) is 4.79 Å². The zero-order chi connectivity index (χ0) is 36.5. The fourth-order valence-corrected chi connectivity index (χ4v) is 5.40. The number of hydrogen-bond acceptors (Lipinski definition) is 9. The Bertz CT molecular complexity index is 942. The van der Waals surface area contributed by atoms with Crippen molar-refractivity contribution < 1.29 is 44.2 Å². The lowest BCUT2D eigenvalue weighted by Crippen LogP contribution is -2.59. The largest absolute Gasteiger partial charge is 0.457 e. The lowest BCUT2D eigenvalue weighted by atomic mass is 9.99. The molecule has 288 valence electrons. The summed E-state index contributed by atoms with van der Waals surface area (Å²) in [4.78, 5) is 12.7. The molecule has 1 heterocycles. The van der Waals surface area contributed by atoms with Gasteiger partial charge < -0.3 is 39.4 Å². The van der Waals surface area contributed by atoms with Crippen LogP contribution >= 0.6 is 0 Å². The summed E-state index contributed by atoms with van der Waals surface area (Å²) in [6.07, 6.45) is 32.5. The average molecular weight is 707 g/mol. The fraction of sp³-hybridized carbons (Fsp3) is 0.732. The number of ether oxygens (including phenoxy) is 4. The van der Waals surface area contributed by atoms with E-state index in [0.717, 1.165) is 64.2 Å². The van der Waals surface area contributed by atoms with Gasteiger partial charge in [0.1, 0.15) is 30.5 Å². The molecule has 6 unspecified atom stereocenters. The molecular weight excluding hydrogens is 636 g/mol. The number of aliphatic hydroxyl groups is 4. The lowest BCUT2D eigenvalue weighted by Gasteiger charge is -2.39. The minimum atomic E-state index is -1.54. The first-order valence-corrected chi connectivity index (χ1v) is 19.4. The monoisotopic (exact) mass is 707 g/mol. The Hall–Kier alpha value is -2.11. The van der Waals surface area contributed by atoms with Crippen LogP contribution < -0.4 is 0 Å². The van der Waals surface area contributed by atoms with Crippen molar-refractivity contribution in [1.29, 1.82) is 0 Å². The average Bonchev–Trinajstić information content (AvgIpc) is 3.11. The van der Waals surface area contributed by atoms with E-state index in [0.29, 0.717) is 13.0 Å². The van der Waals surface area contributed by atoms with Gasteiger partial charge in [0.25, 0.3) is 0 Å². The Morgan fingerprint density at radius 2 is 1.22 bits per heavy atom. The van der Waals surface area contributed by atoms with E-state index in [1.54, 1.807) is 0 Å². The Balaban J connectivity index is 2.33. The molecule has 0 aromatic heterocycles.